The highest BCUT2D eigenvalue weighted by atomic mass is 14.6. The summed E-state index contributed by atoms with van der Waals surface area (Å²) in [4.78, 5) is 0. The van der Waals surface area contributed by atoms with Gasteiger partial charge in [-0.15, -0.1) is 0 Å². The lowest BCUT2D eigenvalue weighted by atomic mass is 9.92. The van der Waals surface area contributed by atoms with E-state index in [1.807, 2.05) is 0 Å². The number of rotatable bonds is 2. The summed E-state index contributed by atoms with van der Waals surface area (Å²) in [5.74, 6) is 0. The van der Waals surface area contributed by atoms with Crippen LogP contribution in [0.4, 0.5) is 5.69 Å². The summed E-state index contributed by atoms with van der Waals surface area (Å²) in [5.41, 5.74) is 16.8. The summed E-state index contributed by atoms with van der Waals surface area (Å²) in [6.07, 6.45) is 1.86. The van der Waals surface area contributed by atoms with Gasteiger partial charge in [0.1, 0.15) is 0 Å². The lowest BCUT2D eigenvalue weighted by Gasteiger charge is -2.15. The minimum absolute atomic E-state index is 0.905. The van der Waals surface area contributed by atoms with Gasteiger partial charge in [-0.05, 0) is 52.3 Å². The van der Waals surface area contributed by atoms with E-state index in [0.717, 1.165) is 18.5 Å². The molecular weight excluding hydrogens is 266 g/mol. The molecule has 1 aliphatic carbocycles. The van der Waals surface area contributed by atoms with Gasteiger partial charge in [-0.3, -0.25) is 0 Å². The van der Waals surface area contributed by atoms with Crippen molar-refractivity contribution in [1.29, 1.82) is 0 Å². The van der Waals surface area contributed by atoms with E-state index >= 15 is 0 Å². The number of hydrogen-bond donors (Lipinski definition) is 1. The Hall–Kier alpha value is -2.54. The maximum absolute atomic E-state index is 6.56. The van der Waals surface area contributed by atoms with Crippen LogP contribution in [0.5, 0.6) is 0 Å². The molecule has 1 heteroatoms. The van der Waals surface area contributed by atoms with Crippen molar-refractivity contribution in [2.75, 3.05) is 5.73 Å². The molecule has 0 atom stereocenters. The van der Waals surface area contributed by atoms with Gasteiger partial charge >= 0.3 is 0 Å². The van der Waals surface area contributed by atoms with Crippen molar-refractivity contribution in [2.45, 2.75) is 19.8 Å². The van der Waals surface area contributed by atoms with Crippen molar-refractivity contribution in [3.63, 3.8) is 0 Å². The lowest BCUT2D eigenvalue weighted by molar-refractivity contribution is 1.14. The molecule has 22 heavy (non-hydrogen) atoms. The van der Waals surface area contributed by atoms with E-state index < -0.39 is 0 Å². The number of anilines is 1. The first-order chi connectivity index (χ1) is 10.7. The fraction of sp³-hybridized carbons (Fsp3) is 0.143. The number of nitrogen functional groups attached to an aromatic ring is 1. The number of nitrogens with two attached hydrogens (primary N) is 1. The second-order valence-electron chi connectivity index (χ2n) is 6.11. The SMILES string of the molecule is Cc1cc2c(c(N)c1Cc1ccccc1)Cc1ccccc1-2. The molecule has 0 aromatic heterocycles. The fourth-order valence-electron chi connectivity index (χ4n) is 3.52. The Morgan fingerprint density at radius 2 is 1.64 bits per heavy atom. The molecule has 0 aliphatic heterocycles. The Kier molecular flexibility index (Phi) is 3.00. The normalized spacial score (nSPS) is 12.0. The van der Waals surface area contributed by atoms with Gasteiger partial charge in [-0.25, -0.2) is 0 Å². The average molecular weight is 285 g/mol. The van der Waals surface area contributed by atoms with Crippen LogP contribution in [0.2, 0.25) is 0 Å². The second-order valence-corrected chi connectivity index (χ2v) is 6.11. The molecule has 0 amide bonds. The molecule has 4 rings (SSSR count). The molecule has 1 nitrogen and oxygen atoms in total. The molecule has 0 saturated carbocycles. The Labute approximate surface area is 131 Å². The summed E-state index contributed by atoms with van der Waals surface area (Å²) in [5, 5.41) is 0. The summed E-state index contributed by atoms with van der Waals surface area (Å²) in [7, 11) is 0. The van der Waals surface area contributed by atoms with E-state index in [2.05, 4.69) is 67.6 Å². The van der Waals surface area contributed by atoms with Crippen molar-refractivity contribution >= 4 is 5.69 Å². The molecule has 0 fully saturated rings. The molecule has 0 saturated heterocycles. The summed E-state index contributed by atoms with van der Waals surface area (Å²) in [6, 6.07) is 21.5. The summed E-state index contributed by atoms with van der Waals surface area (Å²) in [6.45, 7) is 2.18. The van der Waals surface area contributed by atoms with E-state index in [-0.39, 0.29) is 0 Å². The molecule has 108 valence electrons. The predicted molar refractivity (Wildman–Crippen MR) is 93.1 cm³/mol. The monoisotopic (exact) mass is 285 g/mol. The van der Waals surface area contributed by atoms with E-state index in [1.54, 1.807) is 0 Å². The van der Waals surface area contributed by atoms with Gasteiger partial charge in [0.2, 0.25) is 0 Å². The smallest absolute Gasteiger partial charge is 0.0394 e. The highest BCUT2D eigenvalue weighted by Crippen LogP contribution is 2.42. The highest BCUT2D eigenvalue weighted by Gasteiger charge is 2.22. The van der Waals surface area contributed by atoms with Crippen LogP contribution in [0, 0.1) is 6.92 Å². The third-order valence-corrected chi connectivity index (χ3v) is 4.71. The maximum atomic E-state index is 6.56. The van der Waals surface area contributed by atoms with Crippen LogP contribution >= 0.6 is 0 Å². The third kappa shape index (κ3) is 2.01. The molecule has 3 aromatic rings. The van der Waals surface area contributed by atoms with Gasteiger partial charge in [0.15, 0.2) is 0 Å². The van der Waals surface area contributed by atoms with Gasteiger partial charge in [-0.1, -0.05) is 60.7 Å². The van der Waals surface area contributed by atoms with Crippen LogP contribution in [0.25, 0.3) is 11.1 Å². The first-order valence-corrected chi connectivity index (χ1v) is 7.77. The van der Waals surface area contributed by atoms with Gasteiger partial charge in [0, 0.05) is 12.1 Å². The Bertz CT molecular complexity index is 847. The van der Waals surface area contributed by atoms with Crippen molar-refractivity contribution in [3.8, 4) is 11.1 Å². The van der Waals surface area contributed by atoms with Crippen molar-refractivity contribution in [3.05, 3.63) is 88.5 Å². The number of hydrogen-bond acceptors (Lipinski definition) is 1. The average Bonchev–Trinajstić information content (AvgIpc) is 2.91. The van der Waals surface area contributed by atoms with E-state index in [0.29, 0.717) is 0 Å². The summed E-state index contributed by atoms with van der Waals surface area (Å²) < 4.78 is 0. The molecular formula is C21H19N. The first-order valence-electron chi connectivity index (χ1n) is 7.77. The first kappa shape index (κ1) is 13.1. The van der Waals surface area contributed by atoms with Gasteiger partial charge in [0.05, 0.1) is 0 Å². The van der Waals surface area contributed by atoms with Crippen LogP contribution in [0.3, 0.4) is 0 Å². The van der Waals surface area contributed by atoms with Crippen molar-refractivity contribution < 1.29 is 0 Å². The molecule has 0 spiro atoms. The molecule has 0 heterocycles. The van der Waals surface area contributed by atoms with Crippen LogP contribution in [-0.4, -0.2) is 0 Å². The van der Waals surface area contributed by atoms with Crippen LogP contribution in [0.15, 0.2) is 60.7 Å². The van der Waals surface area contributed by atoms with E-state index in [9.17, 15) is 0 Å². The Morgan fingerprint density at radius 3 is 2.45 bits per heavy atom. The zero-order valence-electron chi connectivity index (χ0n) is 12.8. The zero-order chi connectivity index (χ0) is 15.1. The standard InChI is InChI=1S/C21H19N/c1-14-11-19-17-10-6-5-9-16(17)13-20(19)21(22)18(14)12-15-7-3-2-4-8-15/h2-11H,12-13,22H2,1H3. The van der Waals surface area contributed by atoms with Crippen molar-refractivity contribution in [1.82, 2.24) is 0 Å². The number of aryl methyl sites for hydroxylation is 1. The largest absolute Gasteiger partial charge is 0.398 e. The van der Waals surface area contributed by atoms with Gasteiger partial charge in [0.25, 0.3) is 0 Å². The van der Waals surface area contributed by atoms with E-state index in [4.69, 9.17) is 5.73 Å². The highest BCUT2D eigenvalue weighted by molar-refractivity contribution is 5.83. The fourth-order valence-corrected chi connectivity index (χ4v) is 3.52. The molecule has 0 bridgehead atoms. The maximum Gasteiger partial charge on any atom is 0.0394 e. The predicted octanol–water partition coefficient (Wildman–Crippen LogP) is 4.74. The number of benzene rings is 3. The summed E-state index contributed by atoms with van der Waals surface area (Å²) >= 11 is 0. The molecule has 0 unspecified atom stereocenters. The zero-order valence-corrected chi connectivity index (χ0v) is 12.8. The lowest BCUT2D eigenvalue weighted by Crippen LogP contribution is -2.03. The van der Waals surface area contributed by atoms with Crippen LogP contribution in [-0.2, 0) is 12.8 Å². The molecule has 0 radical (unpaired) electrons. The third-order valence-electron chi connectivity index (χ3n) is 4.71. The van der Waals surface area contributed by atoms with Crippen molar-refractivity contribution in [2.24, 2.45) is 0 Å². The Morgan fingerprint density at radius 1 is 0.909 bits per heavy atom. The minimum atomic E-state index is 0.905. The molecule has 3 aromatic carbocycles. The van der Waals surface area contributed by atoms with Gasteiger partial charge in [-0.2, -0.15) is 0 Å². The minimum Gasteiger partial charge on any atom is -0.398 e. The quantitative estimate of drug-likeness (QED) is 0.529. The topological polar surface area (TPSA) is 26.0 Å². The number of fused-ring (bicyclic) bond motifs is 3. The van der Waals surface area contributed by atoms with Gasteiger partial charge < -0.3 is 5.73 Å². The van der Waals surface area contributed by atoms with E-state index in [1.165, 1.54) is 38.9 Å². The Balaban J connectivity index is 1.82. The molecule has 2 N–H and O–H groups in total. The second kappa shape index (κ2) is 5.03. The van der Waals surface area contributed by atoms with Crippen LogP contribution in [0.1, 0.15) is 27.8 Å². The molecule has 1 aliphatic rings. The van der Waals surface area contributed by atoms with Crippen LogP contribution < -0.4 is 5.73 Å².